The van der Waals surface area contributed by atoms with Crippen LogP contribution in [-0.4, -0.2) is 10.9 Å². The number of carbonyl (C=O) groups is 1. The van der Waals surface area contributed by atoms with Crippen LogP contribution in [0.15, 0.2) is 77.2 Å². The first-order valence-electron chi connectivity index (χ1n) is 9.21. The number of anilines is 1. The second-order valence-corrected chi connectivity index (χ2v) is 6.78. The smallest absolute Gasteiger partial charge is 0.259 e. The number of furan rings is 1. The normalized spacial score (nSPS) is 10.7. The zero-order valence-electron chi connectivity index (χ0n) is 16.1. The Balaban J connectivity index is 1.60. The van der Waals surface area contributed by atoms with E-state index in [1.54, 1.807) is 25.1 Å². The molecule has 1 N–H and O–H groups in total. The Morgan fingerprint density at radius 2 is 1.59 bits per heavy atom. The van der Waals surface area contributed by atoms with Gasteiger partial charge in [0.1, 0.15) is 17.3 Å². The van der Waals surface area contributed by atoms with Gasteiger partial charge in [0.05, 0.1) is 17.0 Å². The number of hydrogen-bond donors (Lipinski definition) is 1. The summed E-state index contributed by atoms with van der Waals surface area (Å²) in [5, 5.41) is 2.91. The monoisotopic (exact) mass is 386 g/mol. The van der Waals surface area contributed by atoms with Crippen molar-refractivity contribution in [3.63, 3.8) is 0 Å². The summed E-state index contributed by atoms with van der Waals surface area (Å²) in [7, 11) is 0. The molecule has 1 amide bonds. The summed E-state index contributed by atoms with van der Waals surface area (Å²) in [4.78, 5) is 17.2. The maximum absolute atomic E-state index is 13.2. The van der Waals surface area contributed by atoms with Crippen molar-refractivity contribution in [1.82, 2.24) is 4.98 Å². The predicted octanol–water partition coefficient (Wildman–Crippen LogP) is 6.02. The Hall–Kier alpha value is -3.73. The van der Waals surface area contributed by atoms with Gasteiger partial charge in [-0.05, 0) is 68.4 Å². The fraction of sp³-hybridized carbons (Fsp3) is 0.0833. The van der Waals surface area contributed by atoms with Gasteiger partial charge < -0.3 is 9.73 Å². The van der Waals surface area contributed by atoms with Crippen LogP contribution >= 0.6 is 0 Å². The van der Waals surface area contributed by atoms with Gasteiger partial charge in [-0.15, -0.1) is 0 Å². The van der Waals surface area contributed by atoms with Crippen LogP contribution < -0.4 is 5.32 Å². The number of hydrogen-bond acceptors (Lipinski definition) is 3. The number of nitrogens with one attached hydrogen (secondary N) is 1. The van der Waals surface area contributed by atoms with Crippen LogP contribution in [0, 0.1) is 19.7 Å². The molecule has 0 saturated heterocycles. The molecule has 2 aromatic heterocycles. The first kappa shape index (κ1) is 18.6. The number of halogens is 1. The van der Waals surface area contributed by atoms with Gasteiger partial charge in [-0.1, -0.05) is 18.2 Å². The molecule has 2 aromatic carbocycles. The van der Waals surface area contributed by atoms with E-state index in [0.29, 0.717) is 22.8 Å². The third-order valence-electron chi connectivity index (χ3n) is 4.59. The highest BCUT2D eigenvalue weighted by molar-refractivity contribution is 6.05. The highest BCUT2D eigenvalue weighted by Crippen LogP contribution is 2.25. The Labute approximate surface area is 168 Å². The lowest BCUT2D eigenvalue weighted by atomic mass is 10.1. The summed E-state index contributed by atoms with van der Waals surface area (Å²) < 4.78 is 18.6. The fourth-order valence-corrected chi connectivity index (χ4v) is 3.19. The minimum absolute atomic E-state index is 0.218. The molecule has 0 aliphatic heterocycles. The molecule has 4 rings (SSSR count). The van der Waals surface area contributed by atoms with Gasteiger partial charge in [0.2, 0.25) is 0 Å². The molecule has 4 nitrogen and oxygen atoms in total. The van der Waals surface area contributed by atoms with Crippen molar-refractivity contribution in [2.24, 2.45) is 0 Å². The maximum Gasteiger partial charge on any atom is 0.259 e. The van der Waals surface area contributed by atoms with Gasteiger partial charge in [0, 0.05) is 16.8 Å². The minimum Gasteiger partial charge on any atom is -0.466 e. The lowest BCUT2D eigenvalue weighted by Crippen LogP contribution is -2.12. The van der Waals surface area contributed by atoms with E-state index in [9.17, 15) is 9.18 Å². The van der Waals surface area contributed by atoms with Crippen LogP contribution in [0.2, 0.25) is 0 Å². The zero-order chi connectivity index (χ0) is 20.4. The molecule has 4 aromatic rings. The zero-order valence-corrected chi connectivity index (χ0v) is 16.1. The van der Waals surface area contributed by atoms with Gasteiger partial charge in [-0.2, -0.15) is 0 Å². The molecule has 144 valence electrons. The quantitative estimate of drug-likeness (QED) is 0.467. The molecule has 29 heavy (non-hydrogen) atoms. The second kappa shape index (κ2) is 7.72. The predicted molar refractivity (Wildman–Crippen MR) is 111 cm³/mol. The van der Waals surface area contributed by atoms with Crippen molar-refractivity contribution in [3.05, 3.63) is 95.7 Å². The van der Waals surface area contributed by atoms with E-state index in [1.807, 2.05) is 49.4 Å². The van der Waals surface area contributed by atoms with Crippen molar-refractivity contribution >= 4 is 11.6 Å². The number of aromatic nitrogens is 1. The lowest BCUT2D eigenvalue weighted by Gasteiger charge is -2.08. The van der Waals surface area contributed by atoms with Gasteiger partial charge in [0.15, 0.2) is 0 Å². The highest BCUT2D eigenvalue weighted by atomic mass is 19.1. The summed E-state index contributed by atoms with van der Waals surface area (Å²) in [6, 6.07) is 21.1. The molecule has 2 heterocycles. The van der Waals surface area contributed by atoms with Gasteiger partial charge in [0.25, 0.3) is 5.91 Å². The van der Waals surface area contributed by atoms with Crippen molar-refractivity contribution in [1.29, 1.82) is 0 Å². The molecular formula is C24H19FN2O2. The lowest BCUT2D eigenvalue weighted by molar-refractivity contribution is 0.102. The average molecular weight is 386 g/mol. The second-order valence-electron chi connectivity index (χ2n) is 6.78. The van der Waals surface area contributed by atoms with E-state index in [2.05, 4.69) is 10.3 Å². The summed E-state index contributed by atoms with van der Waals surface area (Å²) >= 11 is 0. The molecule has 0 atom stereocenters. The first-order valence-corrected chi connectivity index (χ1v) is 9.21. The Morgan fingerprint density at radius 3 is 2.28 bits per heavy atom. The van der Waals surface area contributed by atoms with Crippen molar-refractivity contribution in [2.75, 3.05) is 5.32 Å². The number of rotatable bonds is 4. The topological polar surface area (TPSA) is 55.1 Å². The number of nitrogens with zero attached hydrogens (tertiary/aromatic N) is 1. The average Bonchev–Trinajstić information content (AvgIpc) is 3.07. The van der Waals surface area contributed by atoms with Crippen LogP contribution in [0.5, 0.6) is 0 Å². The highest BCUT2D eigenvalue weighted by Gasteiger charge is 2.14. The molecule has 0 spiro atoms. The molecule has 0 saturated carbocycles. The van der Waals surface area contributed by atoms with Gasteiger partial charge in [-0.25, -0.2) is 9.37 Å². The van der Waals surface area contributed by atoms with Crippen LogP contribution in [0.25, 0.3) is 22.5 Å². The van der Waals surface area contributed by atoms with Crippen LogP contribution in [-0.2, 0) is 0 Å². The minimum atomic E-state index is -0.281. The summed E-state index contributed by atoms with van der Waals surface area (Å²) in [5.74, 6) is 0.786. The Morgan fingerprint density at radius 1 is 0.897 bits per heavy atom. The molecule has 0 fully saturated rings. The van der Waals surface area contributed by atoms with Crippen molar-refractivity contribution < 1.29 is 13.6 Å². The van der Waals surface area contributed by atoms with E-state index in [4.69, 9.17) is 4.42 Å². The van der Waals surface area contributed by atoms with Crippen LogP contribution in [0.1, 0.15) is 21.9 Å². The van der Waals surface area contributed by atoms with Gasteiger partial charge >= 0.3 is 0 Å². The fourth-order valence-electron chi connectivity index (χ4n) is 3.19. The van der Waals surface area contributed by atoms with E-state index < -0.39 is 0 Å². The maximum atomic E-state index is 13.2. The molecule has 5 heteroatoms. The molecule has 0 unspecified atom stereocenters. The number of benzene rings is 2. The van der Waals surface area contributed by atoms with E-state index in [0.717, 1.165) is 22.5 Å². The SMILES string of the molecule is Cc1cc(C(=O)Nc2cccc(-c3cccc(-c4ccc(F)cc4)n3)c2)c(C)o1. The summed E-state index contributed by atoms with van der Waals surface area (Å²) in [6.07, 6.45) is 0. The summed E-state index contributed by atoms with van der Waals surface area (Å²) in [6.45, 7) is 3.58. The Bertz CT molecular complexity index is 1180. The Kier molecular flexibility index (Phi) is 4.96. The third-order valence-corrected chi connectivity index (χ3v) is 4.59. The number of pyridine rings is 1. The largest absolute Gasteiger partial charge is 0.466 e. The van der Waals surface area contributed by atoms with Crippen LogP contribution in [0.4, 0.5) is 10.1 Å². The standard InChI is InChI=1S/C24H19FN2O2/c1-15-13-21(16(2)29-15)24(28)26-20-6-3-5-18(14-20)23-8-4-7-22(27-23)17-9-11-19(25)12-10-17/h3-14H,1-2H3,(H,26,28). The van der Waals surface area contributed by atoms with E-state index in [1.165, 1.54) is 12.1 Å². The molecule has 0 aliphatic carbocycles. The molecule has 0 bridgehead atoms. The van der Waals surface area contributed by atoms with Crippen molar-refractivity contribution in [3.8, 4) is 22.5 Å². The number of carbonyl (C=O) groups excluding carboxylic acids is 1. The first-order chi connectivity index (χ1) is 14.0. The molecular weight excluding hydrogens is 367 g/mol. The third kappa shape index (κ3) is 4.09. The number of aryl methyl sites for hydroxylation is 2. The number of amides is 1. The summed E-state index contributed by atoms with van der Waals surface area (Å²) in [5.41, 5.74) is 4.40. The van der Waals surface area contributed by atoms with Crippen LogP contribution in [0.3, 0.4) is 0 Å². The molecule has 0 aliphatic rings. The van der Waals surface area contributed by atoms with Gasteiger partial charge in [-0.3, -0.25) is 4.79 Å². The van der Waals surface area contributed by atoms with E-state index in [-0.39, 0.29) is 11.7 Å². The van der Waals surface area contributed by atoms with Crippen molar-refractivity contribution in [2.45, 2.75) is 13.8 Å². The van der Waals surface area contributed by atoms with E-state index >= 15 is 0 Å². The molecule has 0 radical (unpaired) electrons.